The SMILES string of the molecule is NC(=O)C1C=CC=CC1(Oc1cnc2[nH]ccc2c1)S(=O)(=O)C1=CC=CC(N)(S(=O)(=O)C(F)(F)F)C1CC1CN(C2COC2)CCO1. The minimum absolute atomic E-state index is 0.0195. The van der Waals surface area contributed by atoms with Crippen LogP contribution in [0.1, 0.15) is 6.42 Å². The standard InChI is InChI=1S/C29H32F3N5O8S2/c30-29(31,32)47(41,42)27(34)7-3-5-24(23(27)13-21-15-37(10-11-44-21)19-16-43-17-19)46(39,40)28(8-2-1-4-22(28)25(33)38)45-20-12-18-6-9-35-26(18)36-14-20/h1-9,12,14,19,21-23H,10-11,13,15-17,34H2,(H2,33,38)(H,35,36). The maximum Gasteiger partial charge on any atom is 0.499 e. The number of nitrogens with one attached hydrogen (secondary N) is 1. The van der Waals surface area contributed by atoms with Gasteiger partial charge in [-0.05, 0) is 36.8 Å². The molecule has 47 heavy (non-hydrogen) atoms. The number of alkyl halides is 3. The topological polar surface area (TPSA) is 197 Å². The number of carbonyl (C=O) groups excluding carboxylic acids is 1. The van der Waals surface area contributed by atoms with Gasteiger partial charge in [0, 0.05) is 30.6 Å². The second-order valence-electron chi connectivity index (χ2n) is 11.7. The van der Waals surface area contributed by atoms with Gasteiger partial charge in [-0.25, -0.2) is 21.8 Å². The average Bonchev–Trinajstić information content (AvgIpc) is 3.45. The highest BCUT2D eigenvalue weighted by atomic mass is 32.2. The van der Waals surface area contributed by atoms with Crippen molar-refractivity contribution in [2.75, 3.05) is 32.9 Å². The third kappa shape index (κ3) is 5.49. The van der Waals surface area contributed by atoms with Crippen molar-refractivity contribution in [3.8, 4) is 5.75 Å². The molecule has 4 heterocycles. The van der Waals surface area contributed by atoms with E-state index in [0.717, 1.165) is 18.2 Å². The zero-order valence-corrected chi connectivity index (χ0v) is 26.3. The summed E-state index contributed by atoms with van der Waals surface area (Å²) in [6.07, 6.45) is 8.62. The number of amides is 1. The second kappa shape index (κ2) is 11.9. The van der Waals surface area contributed by atoms with Gasteiger partial charge in [0.2, 0.25) is 20.7 Å². The number of sulfone groups is 2. The van der Waals surface area contributed by atoms with Crippen molar-refractivity contribution in [2.24, 2.45) is 23.3 Å². The van der Waals surface area contributed by atoms with E-state index in [1.165, 1.54) is 30.5 Å². The Kier molecular flexibility index (Phi) is 8.41. The maximum absolute atomic E-state index is 15.0. The smallest absolute Gasteiger partial charge is 0.464 e. The number of ether oxygens (including phenoxy) is 3. The van der Waals surface area contributed by atoms with E-state index in [4.69, 9.17) is 25.7 Å². The highest BCUT2D eigenvalue weighted by Gasteiger charge is 2.65. The number of carbonyl (C=O) groups is 1. The summed E-state index contributed by atoms with van der Waals surface area (Å²) in [6, 6.07) is 3.10. The van der Waals surface area contributed by atoms with E-state index in [1.54, 1.807) is 12.3 Å². The Bertz CT molecular complexity index is 1900. The van der Waals surface area contributed by atoms with Crippen LogP contribution in [0.5, 0.6) is 5.75 Å². The van der Waals surface area contributed by atoms with Crippen LogP contribution in [0, 0.1) is 11.8 Å². The third-order valence-electron chi connectivity index (χ3n) is 8.95. The lowest BCUT2D eigenvalue weighted by atomic mass is 9.88. The minimum Gasteiger partial charge on any atom is -0.464 e. The van der Waals surface area contributed by atoms with Crippen LogP contribution < -0.4 is 16.2 Å². The van der Waals surface area contributed by atoms with Gasteiger partial charge in [-0.15, -0.1) is 0 Å². The molecule has 18 heteroatoms. The van der Waals surface area contributed by atoms with Gasteiger partial charge in [0.1, 0.15) is 17.3 Å². The minimum atomic E-state index is -6.25. The molecule has 2 saturated heterocycles. The molecule has 0 aromatic carbocycles. The van der Waals surface area contributed by atoms with Crippen LogP contribution in [0.3, 0.4) is 0 Å². The van der Waals surface area contributed by atoms with Crippen LogP contribution in [0.25, 0.3) is 11.0 Å². The number of hydrogen-bond donors (Lipinski definition) is 3. The summed E-state index contributed by atoms with van der Waals surface area (Å²) < 4.78 is 116. The Morgan fingerprint density at radius 2 is 1.94 bits per heavy atom. The number of aromatic amines is 1. The molecule has 2 aromatic rings. The molecule has 5 atom stereocenters. The molecule has 0 bridgehead atoms. The van der Waals surface area contributed by atoms with E-state index >= 15 is 0 Å². The fraction of sp³-hybridized carbons (Fsp3) is 0.448. The van der Waals surface area contributed by atoms with Crippen molar-refractivity contribution in [1.29, 1.82) is 0 Å². The number of aromatic nitrogens is 2. The Balaban J connectivity index is 1.48. The van der Waals surface area contributed by atoms with Crippen molar-refractivity contribution in [3.05, 3.63) is 72.0 Å². The number of hydrogen-bond acceptors (Lipinski definition) is 11. The second-order valence-corrected chi connectivity index (χ2v) is 16.0. The summed E-state index contributed by atoms with van der Waals surface area (Å²) in [5, 5.41) is 0.520. The van der Waals surface area contributed by atoms with Crippen molar-refractivity contribution in [2.45, 2.75) is 33.9 Å². The molecule has 1 amide bonds. The number of rotatable bonds is 9. The predicted molar refractivity (Wildman–Crippen MR) is 162 cm³/mol. The van der Waals surface area contributed by atoms with Crippen molar-refractivity contribution >= 4 is 36.6 Å². The van der Waals surface area contributed by atoms with Gasteiger partial charge in [0.15, 0.2) is 4.87 Å². The van der Waals surface area contributed by atoms with E-state index < -0.39 is 70.2 Å². The molecule has 2 aliphatic carbocycles. The zero-order chi connectivity index (χ0) is 33.8. The first kappa shape index (κ1) is 33.4. The predicted octanol–water partition coefficient (Wildman–Crippen LogP) is 1.43. The molecule has 5 unspecified atom stereocenters. The van der Waals surface area contributed by atoms with Crippen LogP contribution in [-0.4, -0.2) is 98.0 Å². The summed E-state index contributed by atoms with van der Waals surface area (Å²) in [6.45, 7) is 1.65. The molecule has 0 spiro atoms. The Hall–Kier alpha value is -3.55. The molecule has 2 aliphatic heterocycles. The monoisotopic (exact) mass is 699 g/mol. The number of nitrogens with zero attached hydrogens (tertiary/aromatic N) is 2. The van der Waals surface area contributed by atoms with E-state index in [-0.39, 0.29) is 24.9 Å². The summed E-state index contributed by atoms with van der Waals surface area (Å²) in [7, 11) is -11.4. The number of nitrogens with two attached hydrogens (primary N) is 2. The number of pyridine rings is 1. The van der Waals surface area contributed by atoms with Crippen molar-refractivity contribution in [3.63, 3.8) is 0 Å². The largest absolute Gasteiger partial charge is 0.499 e. The number of H-pyrrole nitrogens is 1. The van der Waals surface area contributed by atoms with Gasteiger partial charge in [-0.1, -0.05) is 24.3 Å². The van der Waals surface area contributed by atoms with Crippen LogP contribution in [-0.2, 0) is 33.9 Å². The van der Waals surface area contributed by atoms with Gasteiger partial charge < -0.3 is 30.7 Å². The fourth-order valence-electron chi connectivity index (χ4n) is 6.36. The van der Waals surface area contributed by atoms with Gasteiger partial charge in [-0.2, -0.15) is 13.2 Å². The molecule has 6 rings (SSSR count). The summed E-state index contributed by atoms with van der Waals surface area (Å²) in [5.74, 6) is -5.00. The summed E-state index contributed by atoms with van der Waals surface area (Å²) in [5.41, 5.74) is 6.49. The molecule has 0 radical (unpaired) electrons. The number of allylic oxidation sites excluding steroid dienone is 4. The Labute approximate surface area is 267 Å². The number of primary amides is 1. The Morgan fingerprint density at radius 1 is 1.17 bits per heavy atom. The molecule has 2 fully saturated rings. The number of morpholine rings is 1. The number of halogens is 3. The van der Waals surface area contributed by atoms with E-state index in [9.17, 15) is 34.8 Å². The maximum atomic E-state index is 15.0. The lowest BCUT2D eigenvalue weighted by Gasteiger charge is -2.45. The lowest BCUT2D eigenvalue weighted by molar-refractivity contribution is -0.123. The van der Waals surface area contributed by atoms with Gasteiger partial charge in [0.25, 0.3) is 9.84 Å². The van der Waals surface area contributed by atoms with Crippen LogP contribution in [0.4, 0.5) is 13.2 Å². The first-order chi connectivity index (χ1) is 22.1. The molecule has 2 aromatic heterocycles. The Morgan fingerprint density at radius 3 is 2.62 bits per heavy atom. The van der Waals surface area contributed by atoms with Crippen LogP contribution in [0.2, 0.25) is 0 Å². The van der Waals surface area contributed by atoms with Gasteiger partial charge >= 0.3 is 5.51 Å². The van der Waals surface area contributed by atoms with E-state index in [1.807, 2.05) is 4.90 Å². The summed E-state index contributed by atoms with van der Waals surface area (Å²) in [4.78, 5) is 15.1. The molecule has 0 saturated carbocycles. The van der Waals surface area contributed by atoms with Gasteiger partial charge in [0.05, 0.1) is 43.1 Å². The highest BCUT2D eigenvalue weighted by molar-refractivity contribution is 7.97. The van der Waals surface area contributed by atoms with Gasteiger partial charge in [-0.3, -0.25) is 9.69 Å². The first-order valence-electron chi connectivity index (χ1n) is 14.6. The van der Waals surface area contributed by atoms with E-state index in [0.29, 0.717) is 36.9 Å². The molecular formula is C29H32F3N5O8S2. The molecule has 13 nitrogen and oxygen atoms in total. The molecule has 5 N–H and O–H groups in total. The first-order valence-corrected chi connectivity index (χ1v) is 17.5. The normalized spacial score (nSPS) is 30.6. The summed E-state index contributed by atoms with van der Waals surface area (Å²) >= 11 is 0. The number of fused-ring (bicyclic) bond motifs is 1. The van der Waals surface area contributed by atoms with Crippen molar-refractivity contribution < 1.29 is 49.0 Å². The third-order valence-corrected chi connectivity index (χ3v) is 13.3. The fourth-order valence-corrected chi connectivity index (χ4v) is 9.98. The lowest BCUT2D eigenvalue weighted by Crippen LogP contribution is -2.62. The highest BCUT2D eigenvalue weighted by Crippen LogP contribution is 2.49. The zero-order valence-electron chi connectivity index (χ0n) is 24.7. The average molecular weight is 700 g/mol. The van der Waals surface area contributed by atoms with Crippen LogP contribution in [0.15, 0.2) is 72.0 Å². The van der Waals surface area contributed by atoms with Crippen molar-refractivity contribution in [1.82, 2.24) is 14.9 Å². The molecule has 254 valence electrons. The quantitative estimate of drug-likeness (QED) is 0.343. The molecular weight excluding hydrogens is 667 g/mol. The van der Waals surface area contributed by atoms with E-state index in [2.05, 4.69) is 9.97 Å². The molecule has 4 aliphatic rings. The van der Waals surface area contributed by atoms with Crippen LogP contribution >= 0.6 is 0 Å².